The average molecular weight is 352 g/mol. The first-order valence-corrected chi connectivity index (χ1v) is 8.08. The molecule has 0 aliphatic carbocycles. The zero-order chi connectivity index (χ0) is 18.5. The highest BCUT2D eigenvalue weighted by Crippen LogP contribution is 2.24. The van der Waals surface area contributed by atoms with E-state index in [1.807, 2.05) is 31.2 Å². The van der Waals surface area contributed by atoms with E-state index in [1.165, 1.54) is 13.4 Å². The summed E-state index contributed by atoms with van der Waals surface area (Å²) in [7, 11) is 3.26. The summed E-state index contributed by atoms with van der Waals surface area (Å²) in [6.07, 6.45) is 4.73. The van der Waals surface area contributed by atoms with Gasteiger partial charge in [0.05, 0.1) is 18.8 Å². The van der Waals surface area contributed by atoms with Crippen LogP contribution in [0.4, 0.5) is 10.5 Å². The first kappa shape index (κ1) is 17.4. The Morgan fingerprint density at radius 2 is 2.04 bits per heavy atom. The lowest BCUT2D eigenvalue weighted by Crippen LogP contribution is -2.33. The molecule has 0 fully saturated rings. The number of methoxy groups -OCH3 is 1. The molecule has 8 heteroatoms. The Hall–Kier alpha value is -3.42. The number of urea groups is 1. The van der Waals surface area contributed by atoms with E-state index in [0.717, 1.165) is 11.3 Å². The smallest absolute Gasteiger partial charge is 0.322 e. The predicted octanol–water partition coefficient (Wildman–Crippen LogP) is 2.90. The van der Waals surface area contributed by atoms with E-state index >= 15 is 0 Å². The monoisotopic (exact) mass is 352 g/mol. The molecule has 0 unspecified atom stereocenters. The SMILES string of the molecule is COc1ncccc1NC(=O)N(C)[C@@H](C)c1ccc(-n2cncn2)cc1. The van der Waals surface area contributed by atoms with Crippen LogP contribution >= 0.6 is 0 Å². The van der Waals surface area contributed by atoms with Gasteiger partial charge in [0, 0.05) is 13.2 Å². The van der Waals surface area contributed by atoms with Gasteiger partial charge in [0.2, 0.25) is 5.88 Å². The molecule has 3 rings (SSSR count). The van der Waals surface area contributed by atoms with Gasteiger partial charge in [0.1, 0.15) is 18.3 Å². The maximum atomic E-state index is 12.6. The van der Waals surface area contributed by atoms with Gasteiger partial charge in [-0.05, 0) is 36.8 Å². The summed E-state index contributed by atoms with van der Waals surface area (Å²) in [5, 5.41) is 6.92. The molecular formula is C18H20N6O2. The molecule has 1 atom stereocenters. The number of pyridine rings is 1. The van der Waals surface area contributed by atoms with Crippen LogP contribution in [0.15, 0.2) is 55.2 Å². The standard InChI is InChI=1S/C18H20N6O2/c1-13(14-6-8-15(9-7-14)24-12-19-11-21-24)23(2)18(25)22-16-5-4-10-20-17(16)26-3/h4-13H,1-3H3,(H,22,25)/t13-/m0/s1. The summed E-state index contributed by atoms with van der Waals surface area (Å²) in [5.41, 5.74) is 2.44. The number of ether oxygens (including phenoxy) is 1. The van der Waals surface area contributed by atoms with Gasteiger partial charge in [-0.3, -0.25) is 0 Å². The third kappa shape index (κ3) is 3.64. The molecular weight excluding hydrogens is 332 g/mol. The summed E-state index contributed by atoms with van der Waals surface area (Å²) in [6.45, 7) is 1.96. The van der Waals surface area contributed by atoms with Gasteiger partial charge in [-0.2, -0.15) is 5.10 Å². The molecule has 0 aliphatic rings. The Bertz CT molecular complexity index is 864. The summed E-state index contributed by atoms with van der Waals surface area (Å²) >= 11 is 0. The largest absolute Gasteiger partial charge is 0.480 e. The number of hydrogen-bond donors (Lipinski definition) is 1. The predicted molar refractivity (Wildman–Crippen MR) is 97.3 cm³/mol. The number of carbonyl (C=O) groups excluding carboxylic acids is 1. The molecule has 0 spiro atoms. The fourth-order valence-corrected chi connectivity index (χ4v) is 2.50. The van der Waals surface area contributed by atoms with E-state index in [2.05, 4.69) is 20.4 Å². The number of nitrogens with one attached hydrogen (secondary N) is 1. The Balaban J connectivity index is 1.70. The highest BCUT2D eigenvalue weighted by atomic mass is 16.5. The van der Waals surface area contributed by atoms with Crippen molar-refractivity contribution in [1.82, 2.24) is 24.6 Å². The van der Waals surface area contributed by atoms with Crippen molar-refractivity contribution in [2.75, 3.05) is 19.5 Å². The van der Waals surface area contributed by atoms with Gasteiger partial charge in [-0.15, -0.1) is 0 Å². The van der Waals surface area contributed by atoms with Crippen molar-refractivity contribution >= 4 is 11.7 Å². The second-order valence-electron chi connectivity index (χ2n) is 5.71. The normalized spacial score (nSPS) is 11.7. The average Bonchev–Trinajstić information content (AvgIpc) is 3.22. The molecule has 8 nitrogen and oxygen atoms in total. The highest BCUT2D eigenvalue weighted by molar-refractivity contribution is 5.90. The molecule has 1 aromatic carbocycles. The molecule has 2 heterocycles. The van der Waals surface area contributed by atoms with E-state index in [1.54, 1.807) is 41.3 Å². The molecule has 2 amide bonds. The quantitative estimate of drug-likeness (QED) is 0.763. The maximum Gasteiger partial charge on any atom is 0.322 e. The Kier molecular flexibility index (Phi) is 5.12. The lowest BCUT2D eigenvalue weighted by molar-refractivity contribution is 0.208. The highest BCUT2D eigenvalue weighted by Gasteiger charge is 2.19. The van der Waals surface area contributed by atoms with Gasteiger partial charge in [0.15, 0.2) is 0 Å². The number of amides is 2. The number of aromatic nitrogens is 4. The molecule has 1 N–H and O–H groups in total. The summed E-state index contributed by atoms with van der Waals surface area (Å²) in [4.78, 5) is 22.2. The summed E-state index contributed by atoms with van der Waals surface area (Å²) in [6, 6.07) is 10.9. The third-order valence-electron chi connectivity index (χ3n) is 4.17. The van der Waals surface area contributed by atoms with Crippen LogP contribution in [0.3, 0.4) is 0 Å². The van der Waals surface area contributed by atoms with Crippen LogP contribution in [0, 0.1) is 0 Å². The number of anilines is 1. The molecule has 3 aromatic rings. The zero-order valence-electron chi connectivity index (χ0n) is 14.8. The molecule has 2 aromatic heterocycles. The minimum absolute atomic E-state index is 0.123. The molecule has 0 bridgehead atoms. The third-order valence-corrected chi connectivity index (χ3v) is 4.17. The van der Waals surface area contributed by atoms with Crippen molar-refractivity contribution in [3.8, 4) is 11.6 Å². The lowest BCUT2D eigenvalue weighted by Gasteiger charge is -2.26. The molecule has 0 aliphatic heterocycles. The molecule has 26 heavy (non-hydrogen) atoms. The number of benzene rings is 1. The van der Waals surface area contributed by atoms with Crippen molar-refractivity contribution in [1.29, 1.82) is 0 Å². The van der Waals surface area contributed by atoms with Gasteiger partial charge >= 0.3 is 6.03 Å². The van der Waals surface area contributed by atoms with Gasteiger partial charge in [-0.1, -0.05) is 12.1 Å². The Morgan fingerprint density at radius 1 is 1.27 bits per heavy atom. The van der Waals surface area contributed by atoms with E-state index in [9.17, 15) is 4.79 Å². The molecule has 0 radical (unpaired) electrons. The van der Waals surface area contributed by atoms with E-state index in [-0.39, 0.29) is 12.1 Å². The van der Waals surface area contributed by atoms with Crippen molar-refractivity contribution in [2.45, 2.75) is 13.0 Å². The topological polar surface area (TPSA) is 85.2 Å². The molecule has 0 saturated heterocycles. The maximum absolute atomic E-state index is 12.6. The second kappa shape index (κ2) is 7.64. The number of rotatable bonds is 5. The lowest BCUT2D eigenvalue weighted by atomic mass is 10.1. The van der Waals surface area contributed by atoms with Gasteiger partial charge in [-0.25, -0.2) is 19.4 Å². The molecule has 0 saturated carbocycles. The first-order chi connectivity index (χ1) is 12.6. The van der Waals surface area contributed by atoms with Crippen molar-refractivity contribution in [3.63, 3.8) is 0 Å². The number of nitrogens with zero attached hydrogens (tertiary/aromatic N) is 5. The number of carbonyl (C=O) groups is 1. The van der Waals surface area contributed by atoms with E-state index < -0.39 is 0 Å². The number of hydrogen-bond acceptors (Lipinski definition) is 5. The van der Waals surface area contributed by atoms with Gasteiger partial charge in [0.25, 0.3) is 0 Å². The van der Waals surface area contributed by atoms with Crippen LogP contribution in [-0.4, -0.2) is 44.8 Å². The second-order valence-corrected chi connectivity index (χ2v) is 5.71. The fourth-order valence-electron chi connectivity index (χ4n) is 2.50. The van der Waals surface area contributed by atoms with Crippen LogP contribution in [0.1, 0.15) is 18.5 Å². The van der Waals surface area contributed by atoms with E-state index in [4.69, 9.17) is 4.74 Å². The van der Waals surface area contributed by atoms with Crippen LogP contribution in [0.25, 0.3) is 5.69 Å². The minimum Gasteiger partial charge on any atom is -0.480 e. The van der Waals surface area contributed by atoms with Crippen LogP contribution < -0.4 is 10.1 Å². The Morgan fingerprint density at radius 3 is 2.69 bits per heavy atom. The fraction of sp³-hybridized carbons (Fsp3) is 0.222. The van der Waals surface area contributed by atoms with Crippen LogP contribution in [-0.2, 0) is 0 Å². The van der Waals surface area contributed by atoms with Crippen molar-refractivity contribution in [3.05, 3.63) is 60.8 Å². The zero-order valence-corrected chi connectivity index (χ0v) is 14.8. The minimum atomic E-state index is -0.246. The molecule has 134 valence electrons. The summed E-state index contributed by atoms with van der Waals surface area (Å²) < 4.78 is 6.84. The summed E-state index contributed by atoms with van der Waals surface area (Å²) in [5.74, 6) is 0.374. The first-order valence-electron chi connectivity index (χ1n) is 8.08. The van der Waals surface area contributed by atoms with E-state index in [0.29, 0.717) is 11.6 Å². The van der Waals surface area contributed by atoms with Crippen molar-refractivity contribution in [2.24, 2.45) is 0 Å². The van der Waals surface area contributed by atoms with Crippen LogP contribution in [0.2, 0.25) is 0 Å². The van der Waals surface area contributed by atoms with Crippen molar-refractivity contribution < 1.29 is 9.53 Å². The van der Waals surface area contributed by atoms with Gasteiger partial charge < -0.3 is 15.0 Å². The Labute approximate surface area is 151 Å². The van der Waals surface area contributed by atoms with Crippen LogP contribution in [0.5, 0.6) is 5.88 Å².